The van der Waals surface area contributed by atoms with Crippen LogP contribution in [0.1, 0.15) is 18.9 Å². The van der Waals surface area contributed by atoms with Gasteiger partial charge in [-0.3, -0.25) is 0 Å². The van der Waals surface area contributed by atoms with Crippen LogP contribution in [0.25, 0.3) is 0 Å². The molecule has 2 radical (unpaired) electrons. The predicted molar refractivity (Wildman–Crippen MR) is 61.9 cm³/mol. The lowest BCUT2D eigenvalue weighted by molar-refractivity contribution is 0.0552. The molecule has 0 aliphatic carbocycles. The summed E-state index contributed by atoms with van der Waals surface area (Å²) in [5.74, 6) is 1.80. The maximum absolute atomic E-state index is 9.09. The number of hydrogen-bond acceptors (Lipinski definition) is 2. The first kappa shape index (κ1) is 11.9. The van der Waals surface area contributed by atoms with E-state index in [1.165, 1.54) is 5.98 Å². The average Bonchev–Trinajstić information content (AvgIpc) is 2.25. The smallest absolute Gasteiger partial charge is 0.115 e. The minimum Gasteiger partial charge on any atom is -0.508 e. The first-order valence-electron chi connectivity index (χ1n) is 4.98. The van der Waals surface area contributed by atoms with Crippen LogP contribution < -0.4 is 0 Å². The van der Waals surface area contributed by atoms with Crippen LogP contribution in [-0.2, 0) is 11.3 Å². The fraction of sp³-hybridized carbons (Fsp3) is 0.333. The topological polar surface area (TPSA) is 29.5 Å². The van der Waals surface area contributed by atoms with Crippen LogP contribution in [0.3, 0.4) is 0 Å². The molecule has 2 nitrogen and oxygen atoms in total. The number of ether oxygens (including phenoxy) is 1. The van der Waals surface area contributed by atoms with Gasteiger partial charge < -0.3 is 9.84 Å². The summed E-state index contributed by atoms with van der Waals surface area (Å²) in [6.07, 6.45) is 2.84. The maximum Gasteiger partial charge on any atom is 0.115 e. The van der Waals surface area contributed by atoms with Crippen LogP contribution >= 0.6 is 0 Å². The molecular weight excluding hydrogens is 187 g/mol. The molecule has 0 bridgehead atoms. The van der Waals surface area contributed by atoms with Crippen LogP contribution in [0.5, 0.6) is 5.75 Å². The Hall–Kier alpha value is -1.22. The van der Waals surface area contributed by atoms with Gasteiger partial charge in [-0.2, -0.15) is 0 Å². The molecule has 0 unspecified atom stereocenters. The van der Waals surface area contributed by atoms with E-state index in [9.17, 15) is 0 Å². The Kier molecular flexibility index (Phi) is 4.98. The zero-order chi connectivity index (χ0) is 11.1. The van der Waals surface area contributed by atoms with Gasteiger partial charge in [-0.1, -0.05) is 18.2 Å². The predicted octanol–water partition coefficient (Wildman–Crippen LogP) is 2.37. The highest BCUT2D eigenvalue weighted by Crippen LogP contribution is 2.11. The Bertz CT molecular complexity index is 306. The van der Waals surface area contributed by atoms with Crippen molar-refractivity contribution in [2.75, 3.05) is 0 Å². The third-order valence-corrected chi connectivity index (χ3v) is 2.07. The molecule has 78 valence electrons. The second kappa shape index (κ2) is 6.30. The molecule has 1 aromatic carbocycles. The van der Waals surface area contributed by atoms with E-state index in [4.69, 9.17) is 17.7 Å². The van der Waals surface area contributed by atoms with E-state index < -0.39 is 0 Å². The molecule has 0 heterocycles. The Balaban J connectivity index is 2.33. The van der Waals surface area contributed by atoms with E-state index in [0.717, 1.165) is 12.0 Å². The largest absolute Gasteiger partial charge is 0.508 e. The Morgan fingerprint density at radius 3 is 2.67 bits per heavy atom. The van der Waals surface area contributed by atoms with Gasteiger partial charge in [0.15, 0.2) is 0 Å². The van der Waals surface area contributed by atoms with E-state index in [0.29, 0.717) is 6.61 Å². The Morgan fingerprint density at radius 1 is 1.40 bits per heavy atom. The van der Waals surface area contributed by atoms with E-state index in [-0.39, 0.29) is 11.9 Å². The first-order valence-corrected chi connectivity index (χ1v) is 4.98. The lowest BCUT2D eigenvalue weighted by Crippen LogP contribution is -2.06. The number of aromatic hydroxyl groups is 1. The van der Waals surface area contributed by atoms with Gasteiger partial charge in [0.25, 0.3) is 0 Å². The fourth-order valence-corrected chi connectivity index (χ4v) is 1.17. The molecule has 0 spiro atoms. The van der Waals surface area contributed by atoms with Gasteiger partial charge in [-0.15, -0.1) is 5.98 Å². The highest BCUT2D eigenvalue weighted by Gasteiger charge is 2.00. The van der Waals surface area contributed by atoms with Gasteiger partial charge in [-0.05, 0) is 31.0 Å². The van der Waals surface area contributed by atoms with E-state index in [1.807, 2.05) is 25.1 Å². The van der Waals surface area contributed by atoms with Crippen molar-refractivity contribution >= 4 is 7.85 Å². The Morgan fingerprint density at radius 2 is 2.07 bits per heavy atom. The molecule has 1 atom stereocenters. The van der Waals surface area contributed by atoms with Gasteiger partial charge in [-0.25, -0.2) is 0 Å². The number of phenolic OH excluding ortho intramolecular Hbond substituents is 1. The van der Waals surface area contributed by atoms with Gasteiger partial charge in [0, 0.05) is 0 Å². The van der Waals surface area contributed by atoms with Crippen LogP contribution in [0, 0.1) is 0 Å². The zero-order valence-corrected chi connectivity index (χ0v) is 8.89. The van der Waals surface area contributed by atoms with Crippen molar-refractivity contribution in [3.8, 4) is 5.75 Å². The van der Waals surface area contributed by atoms with E-state index in [1.54, 1.807) is 12.1 Å². The van der Waals surface area contributed by atoms with Crippen molar-refractivity contribution in [1.82, 2.24) is 0 Å². The van der Waals surface area contributed by atoms with Crippen LogP contribution in [0.2, 0.25) is 0 Å². The second-order valence-corrected chi connectivity index (χ2v) is 3.45. The summed E-state index contributed by atoms with van der Waals surface area (Å²) >= 11 is 0. The summed E-state index contributed by atoms with van der Waals surface area (Å²) in [6.45, 7) is 2.56. The molecule has 0 fully saturated rings. The van der Waals surface area contributed by atoms with Crippen LogP contribution in [-0.4, -0.2) is 19.1 Å². The third-order valence-electron chi connectivity index (χ3n) is 2.07. The van der Waals surface area contributed by atoms with Crippen molar-refractivity contribution in [3.63, 3.8) is 0 Å². The molecular formula is C12H15BO2. The normalized spacial score (nSPS) is 13.1. The molecule has 1 aromatic rings. The second-order valence-electron chi connectivity index (χ2n) is 3.45. The molecule has 0 aromatic heterocycles. The first-order chi connectivity index (χ1) is 7.22. The summed E-state index contributed by atoms with van der Waals surface area (Å²) in [5.41, 5.74) is 1.05. The van der Waals surface area contributed by atoms with Gasteiger partial charge in [0.05, 0.1) is 12.7 Å². The molecule has 0 saturated heterocycles. The van der Waals surface area contributed by atoms with Gasteiger partial charge in [0.2, 0.25) is 0 Å². The van der Waals surface area contributed by atoms with Crippen LogP contribution in [0.4, 0.5) is 0 Å². The van der Waals surface area contributed by atoms with Gasteiger partial charge >= 0.3 is 0 Å². The SMILES string of the molecule is [B]/C=C\C[C@@H](C)OCc1ccc(O)cc1. The zero-order valence-electron chi connectivity index (χ0n) is 8.89. The maximum atomic E-state index is 9.09. The summed E-state index contributed by atoms with van der Waals surface area (Å²) in [4.78, 5) is 0. The summed E-state index contributed by atoms with van der Waals surface area (Å²) in [6, 6.07) is 7.01. The standard InChI is InChI=1S/C12H15BO2/c1-10(3-2-8-13)15-9-11-4-6-12(14)7-5-11/h2,4-8,10,14H,3,9H2,1H3/b8-2-/t10-/m1/s1. The number of benzene rings is 1. The number of hydrogen-bond donors (Lipinski definition) is 1. The molecule has 0 amide bonds. The fourth-order valence-electron chi connectivity index (χ4n) is 1.17. The minimum atomic E-state index is 0.151. The van der Waals surface area contributed by atoms with Crippen molar-refractivity contribution in [3.05, 3.63) is 41.9 Å². The molecule has 1 N–H and O–H groups in total. The molecule has 1 rings (SSSR count). The quantitative estimate of drug-likeness (QED) is 0.742. The highest BCUT2D eigenvalue weighted by molar-refractivity contribution is 6.16. The summed E-state index contributed by atoms with van der Waals surface area (Å²) in [7, 11) is 5.24. The van der Waals surface area contributed by atoms with Crippen molar-refractivity contribution in [2.45, 2.75) is 26.1 Å². The lowest BCUT2D eigenvalue weighted by Gasteiger charge is -2.10. The van der Waals surface area contributed by atoms with Gasteiger partial charge in [0.1, 0.15) is 13.6 Å². The average molecular weight is 202 g/mol. The highest BCUT2D eigenvalue weighted by atomic mass is 16.5. The van der Waals surface area contributed by atoms with E-state index >= 15 is 0 Å². The number of rotatable bonds is 5. The molecule has 0 aliphatic rings. The van der Waals surface area contributed by atoms with Crippen molar-refractivity contribution in [1.29, 1.82) is 0 Å². The molecule has 0 saturated carbocycles. The monoisotopic (exact) mass is 202 g/mol. The van der Waals surface area contributed by atoms with Crippen molar-refractivity contribution < 1.29 is 9.84 Å². The lowest BCUT2D eigenvalue weighted by atomic mass is 10.1. The molecule has 15 heavy (non-hydrogen) atoms. The molecule has 0 aliphatic heterocycles. The van der Waals surface area contributed by atoms with Crippen molar-refractivity contribution in [2.24, 2.45) is 0 Å². The van der Waals surface area contributed by atoms with Crippen LogP contribution in [0.15, 0.2) is 36.3 Å². The Labute approximate surface area is 92.0 Å². The van der Waals surface area contributed by atoms with E-state index in [2.05, 4.69) is 0 Å². The summed E-state index contributed by atoms with van der Waals surface area (Å²) in [5, 5.41) is 9.09. The third kappa shape index (κ3) is 4.70. The number of phenols is 1. The summed E-state index contributed by atoms with van der Waals surface area (Å²) < 4.78 is 5.58. The minimum absolute atomic E-state index is 0.151. The molecule has 3 heteroatoms.